The Labute approximate surface area is 185 Å². The summed E-state index contributed by atoms with van der Waals surface area (Å²) >= 11 is 0. The van der Waals surface area contributed by atoms with Crippen LogP contribution in [-0.4, -0.2) is 13.2 Å². The zero-order valence-corrected chi connectivity index (χ0v) is 18.5. The highest BCUT2D eigenvalue weighted by Crippen LogP contribution is 2.45. The summed E-state index contributed by atoms with van der Waals surface area (Å²) in [5.74, 6) is 1.88. The number of ether oxygens (including phenoxy) is 2. The lowest BCUT2D eigenvalue weighted by atomic mass is 9.98. The lowest BCUT2D eigenvalue weighted by Gasteiger charge is -2.25. The highest BCUT2D eigenvalue weighted by atomic mass is 31.1. The van der Waals surface area contributed by atoms with Gasteiger partial charge in [-0.1, -0.05) is 84.9 Å². The van der Waals surface area contributed by atoms with Gasteiger partial charge in [-0.25, -0.2) is 0 Å². The number of aryl methyl sites for hydroxylation is 1. The maximum atomic E-state index is 6.31. The maximum absolute atomic E-state index is 6.31. The van der Waals surface area contributed by atoms with Crippen LogP contribution in [0, 0.1) is 6.92 Å². The smallest absolute Gasteiger partial charge is 0.127 e. The van der Waals surface area contributed by atoms with Gasteiger partial charge < -0.3 is 9.47 Å². The van der Waals surface area contributed by atoms with E-state index < -0.39 is 7.92 Å². The van der Waals surface area contributed by atoms with Crippen molar-refractivity contribution in [3.05, 3.63) is 103 Å². The lowest BCUT2D eigenvalue weighted by Crippen LogP contribution is -2.22. The molecule has 0 saturated carbocycles. The molecule has 0 fully saturated rings. The average Bonchev–Trinajstić information content (AvgIpc) is 2.90. The summed E-state index contributed by atoms with van der Waals surface area (Å²) in [5.41, 5.74) is 3.51. The van der Waals surface area contributed by atoms with E-state index >= 15 is 0 Å². The normalized spacial score (nSPS) is 13.1. The summed E-state index contributed by atoms with van der Waals surface area (Å²) in [6.07, 6.45) is 0.864. The second-order valence-electron chi connectivity index (χ2n) is 7.66. The molecule has 154 valence electrons. The van der Waals surface area contributed by atoms with Gasteiger partial charge in [-0.3, -0.25) is 0 Å². The summed E-state index contributed by atoms with van der Waals surface area (Å²) in [4.78, 5) is 0. The van der Waals surface area contributed by atoms with Crippen molar-refractivity contribution in [3.8, 4) is 22.6 Å². The molecule has 1 aliphatic rings. The summed E-state index contributed by atoms with van der Waals surface area (Å²) in [7, 11) is -0.762. The molecule has 0 aromatic heterocycles. The maximum Gasteiger partial charge on any atom is 0.127 e. The Morgan fingerprint density at radius 3 is 1.74 bits per heavy atom. The standard InChI is InChI=1S/C28H25O2P/c1-21-11-8-16-24-27(21)28-25(30-20-10-19-29-24)17-9-18-26(28)31(22-12-4-2-5-13-22)23-14-6-3-7-15-23/h2-9,11-18H,10,19-20H2,1H3. The molecule has 0 saturated heterocycles. The molecule has 4 aromatic rings. The van der Waals surface area contributed by atoms with Gasteiger partial charge in [0.2, 0.25) is 0 Å². The summed E-state index contributed by atoms with van der Waals surface area (Å²) in [5, 5.41) is 3.95. The quantitative estimate of drug-likeness (QED) is 0.400. The highest BCUT2D eigenvalue weighted by molar-refractivity contribution is 7.80. The van der Waals surface area contributed by atoms with Crippen LogP contribution in [-0.2, 0) is 0 Å². The van der Waals surface area contributed by atoms with E-state index in [1.54, 1.807) is 0 Å². The lowest BCUT2D eigenvalue weighted by molar-refractivity contribution is 0.252. The van der Waals surface area contributed by atoms with E-state index in [2.05, 4.69) is 104 Å². The Kier molecular flexibility index (Phi) is 5.74. The Morgan fingerprint density at radius 2 is 1.13 bits per heavy atom. The van der Waals surface area contributed by atoms with Crippen molar-refractivity contribution in [1.82, 2.24) is 0 Å². The second kappa shape index (κ2) is 8.96. The molecule has 1 heterocycles. The van der Waals surface area contributed by atoms with Gasteiger partial charge in [0.15, 0.2) is 0 Å². The van der Waals surface area contributed by atoms with Crippen LogP contribution in [0.3, 0.4) is 0 Å². The van der Waals surface area contributed by atoms with Crippen LogP contribution in [0.1, 0.15) is 12.0 Å². The first-order valence-corrected chi connectivity index (χ1v) is 12.1. The number of hydrogen-bond acceptors (Lipinski definition) is 2. The van der Waals surface area contributed by atoms with Gasteiger partial charge in [-0.15, -0.1) is 0 Å². The molecule has 0 N–H and O–H groups in total. The molecule has 2 nitrogen and oxygen atoms in total. The minimum Gasteiger partial charge on any atom is -0.493 e. The highest BCUT2D eigenvalue weighted by Gasteiger charge is 2.26. The van der Waals surface area contributed by atoms with E-state index in [0.717, 1.165) is 29.0 Å². The summed E-state index contributed by atoms with van der Waals surface area (Å²) in [6, 6.07) is 34.5. The van der Waals surface area contributed by atoms with Gasteiger partial charge in [0.25, 0.3) is 0 Å². The van der Waals surface area contributed by atoms with Crippen molar-refractivity contribution in [2.75, 3.05) is 13.2 Å². The van der Waals surface area contributed by atoms with E-state index in [1.165, 1.54) is 21.5 Å². The van der Waals surface area contributed by atoms with Gasteiger partial charge in [-0.05, 0) is 48.5 Å². The third kappa shape index (κ3) is 3.96. The van der Waals surface area contributed by atoms with Crippen LogP contribution in [0.15, 0.2) is 97.1 Å². The first-order chi connectivity index (χ1) is 15.3. The predicted octanol–water partition coefficient (Wildman–Crippen LogP) is 5.58. The number of fused-ring (bicyclic) bond motifs is 3. The van der Waals surface area contributed by atoms with Gasteiger partial charge in [0, 0.05) is 17.5 Å². The van der Waals surface area contributed by atoms with Crippen LogP contribution < -0.4 is 25.4 Å². The Balaban J connectivity index is 1.82. The van der Waals surface area contributed by atoms with Gasteiger partial charge >= 0.3 is 0 Å². The zero-order valence-electron chi connectivity index (χ0n) is 17.6. The number of rotatable bonds is 3. The molecule has 0 unspecified atom stereocenters. The first kappa shape index (κ1) is 19.8. The van der Waals surface area contributed by atoms with E-state index in [4.69, 9.17) is 9.47 Å². The molecule has 0 aliphatic carbocycles. The fourth-order valence-electron chi connectivity index (χ4n) is 4.16. The molecule has 0 spiro atoms. The SMILES string of the molecule is Cc1cccc2c1-c1c(cccc1P(c1ccccc1)c1ccccc1)OCCCO2. The molecule has 0 bridgehead atoms. The monoisotopic (exact) mass is 424 g/mol. The van der Waals surface area contributed by atoms with E-state index in [-0.39, 0.29) is 0 Å². The minimum absolute atomic E-state index is 0.651. The van der Waals surface area contributed by atoms with E-state index in [0.29, 0.717) is 13.2 Å². The molecule has 0 amide bonds. The van der Waals surface area contributed by atoms with E-state index in [9.17, 15) is 0 Å². The van der Waals surface area contributed by atoms with Crippen molar-refractivity contribution >= 4 is 23.8 Å². The number of benzene rings is 4. The fourth-order valence-corrected chi connectivity index (χ4v) is 6.64. The van der Waals surface area contributed by atoms with E-state index in [1.807, 2.05) is 0 Å². The molecular weight excluding hydrogens is 399 g/mol. The molecular formula is C28H25O2P. The minimum atomic E-state index is -0.762. The van der Waals surface area contributed by atoms with Crippen molar-refractivity contribution in [3.63, 3.8) is 0 Å². The topological polar surface area (TPSA) is 18.5 Å². The molecule has 31 heavy (non-hydrogen) atoms. The molecule has 1 aliphatic heterocycles. The largest absolute Gasteiger partial charge is 0.493 e. The van der Waals surface area contributed by atoms with Gasteiger partial charge in [-0.2, -0.15) is 0 Å². The first-order valence-electron chi connectivity index (χ1n) is 10.7. The summed E-state index contributed by atoms with van der Waals surface area (Å²) in [6.45, 7) is 3.47. The third-order valence-electron chi connectivity index (χ3n) is 5.56. The van der Waals surface area contributed by atoms with Crippen LogP contribution in [0.5, 0.6) is 11.5 Å². The van der Waals surface area contributed by atoms with Crippen LogP contribution >= 0.6 is 7.92 Å². The Bertz CT molecular complexity index is 1130. The van der Waals surface area contributed by atoms with Crippen LogP contribution in [0.2, 0.25) is 0 Å². The third-order valence-corrected chi connectivity index (χ3v) is 8.05. The Hall–Kier alpha value is -3.09. The van der Waals surface area contributed by atoms with Crippen LogP contribution in [0.4, 0.5) is 0 Å². The zero-order chi connectivity index (χ0) is 21.0. The van der Waals surface area contributed by atoms with Gasteiger partial charge in [0.1, 0.15) is 11.5 Å². The van der Waals surface area contributed by atoms with Crippen molar-refractivity contribution < 1.29 is 9.47 Å². The average molecular weight is 424 g/mol. The molecule has 4 aromatic carbocycles. The summed E-state index contributed by atoms with van der Waals surface area (Å²) < 4.78 is 12.5. The van der Waals surface area contributed by atoms with Gasteiger partial charge in [0.05, 0.1) is 13.2 Å². The fraction of sp³-hybridized carbons (Fsp3) is 0.143. The molecule has 0 radical (unpaired) electrons. The molecule has 5 rings (SSSR count). The van der Waals surface area contributed by atoms with Crippen molar-refractivity contribution in [2.45, 2.75) is 13.3 Å². The second-order valence-corrected chi connectivity index (χ2v) is 9.84. The van der Waals surface area contributed by atoms with Crippen molar-refractivity contribution in [1.29, 1.82) is 0 Å². The van der Waals surface area contributed by atoms with Crippen molar-refractivity contribution in [2.24, 2.45) is 0 Å². The number of hydrogen-bond donors (Lipinski definition) is 0. The predicted molar refractivity (Wildman–Crippen MR) is 131 cm³/mol. The Morgan fingerprint density at radius 1 is 0.581 bits per heavy atom. The van der Waals surface area contributed by atoms with Crippen LogP contribution in [0.25, 0.3) is 11.1 Å². The molecule has 3 heteroatoms. The molecule has 0 atom stereocenters.